The van der Waals surface area contributed by atoms with Crippen LogP contribution in [-0.2, 0) is 0 Å². The average Bonchev–Trinajstić information content (AvgIpc) is 2.46. The van der Waals surface area contributed by atoms with Crippen LogP contribution in [0.2, 0.25) is 0 Å². The second-order valence-electron chi connectivity index (χ2n) is 5.10. The van der Waals surface area contributed by atoms with E-state index in [2.05, 4.69) is 15.8 Å². The molecule has 2 rings (SSSR count). The largest absolute Gasteiger partial charge is 0.359 e. The first-order chi connectivity index (χ1) is 9.66. The molecule has 2 N–H and O–H groups in total. The van der Waals surface area contributed by atoms with Crippen LogP contribution >= 0.6 is 12.2 Å². The summed E-state index contributed by atoms with van der Waals surface area (Å²) in [5.74, 6) is -0.276. The zero-order valence-electron chi connectivity index (χ0n) is 11.7. The molecule has 108 valence electrons. The van der Waals surface area contributed by atoms with Gasteiger partial charge < -0.3 is 5.32 Å². The minimum Gasteiger partial charge on any atom is -0.359 e. The van der Waals surface area contributed by atoms with E-state index in [1.54, 1.807) is 25.1 Å². The maximum atomic E-state index is 13.6. The molecule has 1 aliphatic rings. The summed E-state index contributed by atoms with van der Waals surface area (Å²) < 4.78 is 13.6. The third-order valence-corrected chi connectivity index (χ3v) is 3.74. The van der Waals surface area contributed by atoms with Gasteiger partial charge in [0.1, 0.15) is 5.82 Å². The summed E-state index contributed by atoms with van der Waals surface area (Å²) in [6.45, 7) is 1.76. The van der Waals surface area contributed by atoms with E-state index in [0.717, 1.165) is 12.8 Å². The number of nitrogens with zero attached hydrogens (tertiary/aromatic N) is 1. The first kappa shape index (κ1) is 14.9. The van der Waals surface area contributed by atoms with Gasteiger partial charge in [-0.1, -0.05) is 37.5 Å². The highest BCUT2D eigenvalue weighted by Crippen LogP contribution is 2.17. The fraction of sp³-hybridized carbons (Fsp3) is 0.467. The molecule has 1 fully saturated rings. The van der Waals surface area contributed by atoms with E-state index < -0.39 is 0 Å². The summed E-state index contributed by atoms with van der Waals surface area (Å²) in [5.41, 5.74) is 3.86. The highest BCUT2D eigenvalue weighted by Gasteiger charge is 2.13. The molecule has 0 unspecified atom stereocenters. The zero-order chi connectivity index (χ0) is 14.4. The van der Waals surface area contributed by atoms with Crippen molar-refractivity contribution in [3.05, 3.63) is 35.6 Å². The standard InChI is InChI=1S/C15H20FN3S/c1-11(13-9-5-6-10-14(13)16)18-19-15(20)17-12-7-3-2-4-8-12/h5-6,9-10,12H,2-4,7-8H2,1H3,(H2,17,19,20)/b18-11-. The number of benzene rings is 1. The maximum Gasteiger partial charge on any atom is 0.187 e. The molecule has 0 heterocycles. The van der Waals surface area contributed by atoms with Crippen LogP contribution in [0.25, 0.3) is 0 Å². The van der Waals surface area contributed by atoms with Crippen LogP contribution < -0.4 is 10.7 Å². The van der Waals surface area contributed by atoms with Crippen molar-refractivity contribution in [1.82, 2.24) is 10.7 Å². The third-order valence-electron chi connectivity index (χ3n) is 3.53. The molecule has 0 atom stereocenters. The first-order valence-corrected chi connectivity index (χ1v) is 7.43. The molecule has 1 aromatic rings. The predicted molar refractivity (Wildman–Crippen MR) is 84.4 cm³/mol. The monoisotopic (exact) mass is 293 g/mol. The van der Waals surface area contributed by atoms with E-state index in [4.69, 9.17) is 12.2 Å². The highest BCUT2D eigenvalue weighted by molar-refractivity contribution is 7.80. The van der Waals surface area contributed by atoms with Crippen molar-refractivity contribution in [3.63, 3.8) is 0 Å². The lowest BCUT2D eigenvalue weighted by atomic mass is 9.96. The summed E-state index contributed by atoms with van der Waals surface area (Å²) >= 11 is 5.21. The van der Waals surface area contributed by atoms with E-state index in [1.165, 1.54) is 25.3 Å². The van der Waals surface area contributed by atoms with Gasteiger partial charge in [0.25, 0.3) is 0 Å². The quantitative estimate of drug-likeness (QED) is 0.510. The van der Waals surface area contributed by atoms with Gasteiger partial charge in [0, 0.05) is 11.6 Å². The number of hydrogen-bond donors (Lipinski definition) is 2. The van der Waals surface area contributed by atoms with E-state index in [0.29, 0.717) is 22.4 Å². The van der Waals surface area contributed by atoms with Crippen LogP contribution in [0.4, 0.5) is 4.39 Å². The van der Waals surface area contributed by atoms with Crippen LogP contribution in [-0.4, -0.2) is 16.9 Å². The van der Waals surface area contributed by atoms with Crippen molar-refractivity contribution < 1.29 is 4.39 Å². The van der Waals surface area contributed by atoms with Crippen LogP contribution in [0.5, 0.6) is 0 Å². The van der Waals surface area contributed by atoms with Crippen LogP contribution in [0.15, 0.2) is 29.4 Å². The van der Waals surface area contributed by atoms with Crippen LogP contribution in [0.1, 0.15) is 44.6 Å². The van der Waals surface area contributed by atoms with Crippen LogP contribution in [0.3, 0.4) is 0 Å². The molecule has 0 saturated heterocycles. The van der Waals surface area contributed by atoms with Gasteiger partial charge in [-0.2, -0.15) is 5.10 Å². The third kappa shape index (κ3) is 4.27. The fourth-order valence-corrected chi connectivity index (χ4v) is 2.63. The minimum atomic E-state index is -0.276. The first-order valence-electron chi connectivity index (χ1n) is 7.02. The second-order valence-corrected chi connectivity index (χ2v) is 5.51. The van der Waals surface area contributed by atoms with Gasteiger partial charge in [-0.25, -0.2) is 4.39 Å². The number of hydrogen-bond acceptors (Lipinski definition) is 2. The van der Waals surface area contributed by atoms with Crippen LogP contribution in [0, 0.1) is 5.82 Å². The molecule has 0 amide bonds. The average molecular weight is 293 g/mol. The molecule has 0 aliphatic heterocycles. The second kappa shape index (κ2) is 7.33. The maximum absolute atomic E-state index is 13.6. The van der Waals surface area contributed by atoms with Crippen molar-refractivity contribution in [2.24, 2.45) is 5.10 Å². The number of halogens is 1. The van der Waals surface area contributed by atoms with Gasteiger partial charge in [0.15, 0.2) is 5.11 Å². The molecule has 0 aromatic heterocycles. The minimum absolute atomic E-state index is 0.276. The van der Waals surface area contributed by atoms with Crippen molar-refractivity contribution >= 4 is 23.0 Å². The van der Waals surface area contributed by atoms with Gasteiger partial charge in [-0.15, -0.1) is 0 Å². The predicted octanol–water partition coefficient (Wildman–Crippen LogP) is 3.35. The Morgan fingerprint density at radius 1 is 1.25 bits per heavy atom. The normalized spacial score (nSPS) is 16.8. The summed E-state index contributed by atoms with van der Waals surface area (Å²) in [6.07, 6.45) is 6.11. The topological polar surface area (TPSA) is 36.4 Å². The van der Waals surface area contributed by atoms with Crippen molar-refractivity contribution in [3.8, 4) is 0 Å². The molecule has 1 aromatic carbocycles. The van der Waals surface area contributed by atoms with Gasteiger partial charge in [-0.3, -0.25) is 5.43 Å². The van der Waals surface area contributed by atoms with E-state index in [9.17, 15) is 4.39 Å². The zero-order valence-corrected chi connectivity index (χ0v) is 12.5. The Bertz CT molecular complexity index is 496. The Balaban J connectivity index is 1.88. The molecular formula is C15H20FN3S. The van der Waals surface area contributed by atoms with Crippen molar-refractivity contribution in [1.29, 1.82) is 0 Å². The fourth-order valence-electron chi connectivity index (χ4n) is 2.41. The molecular weight excluding hydrogens is 273 g/mol. The van der Waals surface area contributed by atoms with E-state index >= 15 is 0 Å². The number of rotatable bonds is 3. The smallest absolute Gasteiger partial charge is 0.187 e. The lowest BCUT2D eigenvalue weighted by molar-refractivity contribution is 0.412. The number of hydrazone groups is 1. The Labute approximate surface area is 124 Å². The Morgan fingerprint density at radius 3 is 2.65 bits per heavy atom. The van der Waals surface area contributed by atoms with Gasteiger partial charge >= 0.3 is 0 Å². The Kier molecular flexibility index (Phi) is 5.47. The molecule has 3 nitrogen and oxygen atoms in total. The van der Waals surface area contributed by atoms with E-state index in [1.807, 2.05) is 0 Å². The van der Waals surface area contributed by atoms with Gasteiger partial charge in [0.05, 0.1) is 5.71 Å². The SMILES string of the molecule is C/C(=N/NC(=S)NC1CCCCC1)c1ccccc1F. The molecule has 0 radical (unpaired) electrons. The molecule has 0 spiro atoms. The summed E-state index contributed by atoms with van der Waals surface area (Å²) in [6, 6.07) is 7.01. The lowest BCUT2D eigenvalue weighted by Gasteiger charge is -2.23. The van der Waals surface area contributed by atoms with Crippen molar-refractivity contribution in [2.75, 3.05) is 0 Å². The molecule has 20 heavy (non-hydrogen) atoms. The molecule has 1 saturated carbocycles. The lowest BCUT2D eigenvalue weighted by Crippen LogP contribution is -2.41. The number of thiocarbonyl (C=S) groups is 1. The van der Waals surface area contributed by atoms with Crippen molar-refractivity contribution in [2.45, 2.75) is 45.1 Å². The van der Waals surface area contributed by atoms with E-state index in [-0.39, 0.29) is 5.82 Å². The number of nitrogens with one attached hydrogen (secondary N) is 2. The summed E-state index contributed by atoms with van der Waals surface area (Å²) in [7, 11) is 0. The Hall–Kier alpha value is -1.49. The van der Waals surface area contributed by atoms with Gasteiger partial charge in [-0.05, 0) is 38.0 Å². The molecule has 5 heteroatoms. The molecule has 0 bridgehead atoms. The summed E-state index contributed by atoms with van der Waals surface area (Å²) in [4.78, 5) is 0. The van der Waals surface area contributed by atoms with Gasteiger partial charge in [0.2, 0.25) is 0 Å². The highest BCUT2D eigenvalue weighted by atomic mass is 32.1. The summed E-state index contributed by atoms with van der Waals surface area (Å²) in [5, 5.41) is 7.91. The Morgan fingerprint density at radius 2 is 1.95 bits per heavy atom. The molecule has 1 aliphatic carbocycles.